The lowest BCUT2D eigenvalue weighted by Crippen LogP contribution is -2.30. The van der Waals surface area contributed by atoms with E-state index in [1.54, 1.807) is 0 Å². The average molecular weight is 344 g/mol. The summed E-state index contributed by atoms with van der Waals surface area (Å²) in [5, 5.41) is -0.252. The molecule has 0 amide bonds. The van der Waals surface area contributed by atoms with Gasteiger partial charge in [-0.1, -0.05) is 11.6 Å². The monoisotopic (exact) mass is 343 g/mol. The van der Waals surface area contributed by atoms with Crippen molar-refractivity contribution in [2.45, 2.75) is 17.5 Å². The van der Waals surface area contributed by atoms with Crippen LogP contribution in [-0.2, 0) is 20.9 Å². The Bertz CT molecular complexity index is 613. The minimum Gasteiger partial charge on any atom is -0.381 e. The molecule has 0 aliphatic carbocycles. The molecule has 118 valence electrons. The molecule has 1 aliphatic heterocycles. The van der Waals surface area contributed by atoms with Gasteiger partial charge in [0.15, 0.2) is 0 Å². The van der Waals surface area contributed by atoms with Crippen molar-refractivity contribution in [1.82, 2.24) is 4.72 Å². The Balaban J connectivity index is 2.22. The first kappa shape index (κ1) is 16.5. The number of nitrogens with one attached hydrogen (secondary N) is 1. The first-order valence-corrected chi connectivity index (χ1v) is 8.00. The van der Waals surface area contributed by atoms with Gasteiger partial charge in [0, 0.05) is 13.2 Å². The normalized spacial score (nSPS) is 19.9. The Morgan fingerprint density at radius 3 is 2.67 bits per heavy atom. The second kappa shape index (κ2) is 6.12. The van der Waals surface area contributed by atoms with Gasteiger partial charge in [-0.05, 0) is 30.5 Å². The zero-order valence-corrected chi connectivity index (χ0v) is 12.4. The number of hydrogen-bond donors (Lipinski definition) is 1. The average Bonchev–Trinajstić information content (AvgIpc) is 2.88. The topological polar surface area (TPSA) is 55.4 Å². The third-order valence-electron chi connectivity index (χ3n) is 3.13. The van der Waals surface area contributed by atoms with E-state index in [4.69, 9.17) is 16.3 Å². The van der Waals surface area contributed by atoms with Gasteiger partial charge in [-0.25, -0.2) is 13.1 Å². The molecule has 1 N–H and O–H groups in total. The molecular weight excluding hydrogens is 331 g/mol. The number of ether oxygens (including phenoxy) is 1. The van der Waals surface area contributed by atoms with E-state index in [1.165, 1.54) is 0 Å². The molecule has 0 radical (unpaired) electrons. The molecule has 9 heteroatoms. The van der Waals surface area contributed by atoms with E-state index in [0.717, 1.165) is 12.1 Å². The van der Waals surface area contributed by atoms with E-state index in [9.17, 15) is 21.6 Å². The molecule has 1 aromatic rings. The number of sulfonamides is 1. The van der Waals surface area contributed by atoms with Crippen molar-refractivity contribution in [2.24, 2.45) is 5.92 Å². The summed E-state index contributed by atoms with van der Waals surface area (Å²) in [5.41, 5.74) is -1.06. The third kappa shape index (κ3) is 4.09. The Kier molecular flexibility index (Phi) is 4.82. The fourth-order valence-corrected chi connectivity index (χ4v) is 3.58. The summed E-state index contributed by atoms with van der Waals surface area (Å²) in [5.74, 6) is 0.0179. The highest BCUT2D eigenvalue weighted by atomic mass is 35.5. The van der Waals surface area contributed by atoms with Gasteiger partial charge >= 0.3 is 6.18 Å². The zero-order chi connectivity index (χ0) is 15.7. The van der Waals surface area contributed by atoms with Gasteiger partial charge in [0.2, 0.25) is 10.0 Å². The van der Waals surface area contributed by atoms with Gasteiger partial charge in [-0.15, -0.1) is 0 Å². The van der Waals surface area contributed by atoms with Crippen LogP contribution in [0.2, 0.25) is 5.02 Å². The van der Waals surface area contributed by atoms with Crippen LogP contribution in [0.3, 0.4) is 0 Å². The second-order valence-electron chi connectivity index (χ2n) is 4.72. The lowest BCUT2D eigenvalue weighted by Gasteiger charge is -2.13. The molecule has 0 aromatic heterocycles. The first-order valence-electron chi connectivity index (χ1n) is 6.14. The molecule has 0 saturated carbocycles. The largest absolute Gasteiger partial charge is 0.416 e. The Hall–Kier alpha value is -0.830. The summed E-state index contributed by atoms with van der Waals surface area (Å²) in [4.78, 5) is -0.571. The Morgan fingerprint density at radius 1 is 1.38 bits per heavy atom. The van der Waals surface area contributed by atoms with Gasteiger partial charge in [0.1, 0.15) is 4.90 Å². The van der Waals surface area contributed by atoms with Crippen LogP contribution in [0, 0.1) is 5.92 Å². The van der Waals surface area contributed by atoms with Gasteiger partial charge in [-0.3, -0.25) is 0 Å². The standard InChI is InChI=1S/C12H13ClF3NO3S/c13-10-2-1-9(12(14,15)16)5-11(10)21(18,19)17-6-8-3-4-20-7-8/h1-2,5,8,17H,3-4,6-7H2/t8-/m0/s1. The summed E-state index contributed by atoms with van der Waals surface area (Å²) in [6.45, 7) is 1.09. The van der Waals surface area contributed by atoms with Crippen LogP contribution in [-0.4, -0.2) is 28.2 Å². The van der Waals surface area contributed by atoms with Gasteiger partial charge in [0.05, 0.1) is 17.2 Å². The minimum absolute atomic E-state index is 0.0179. The van der Waals surface area contributed by atoms with E-state index >= 15 is 0 Å². The number of rotatable bonds is 4. The van der Waals surface area contributed by atoms with Crippen LogP contribution < -0.4 is 4.72 Å². The van der Waals surface area contributed by atoms with Crippen molar-refractivity contribution in [3.8, 4) is 0 Å². The maximum Gasteiger partial charge on any atom is 0.416 e. The molecule has 21 heavy (non-hydrogen) atoms. The number of halogens is 4. The highest BCUT2D eigenvalue weighted by molar-refractivity contribution is 7.89. The molecular formula is C12H13ClF3NO3S. The lowest BCUT2D eigenvalue weighted by atomic mass is 10.1. The minimum atomic E-state index is -4.63. The molecule has 1 aliphatic rings. The summed E-state index contributed by atoms with van der Waals surface area (Å²) in [7, 11) is -4.10. The smallest absolute Gasteiger partial charge is 0.381 e. The van der Waals surface area contributed by atoms with Crippen molar-refractivity contribution in [1.29, 1.82) is 0 Å². The van der Waals surface area contributed by atoms with Crippen LogP contribution in [0.4, 0.5) is 13.2 Å². The first-order chi connectivity index (χ1) is 9.70. The maximum absolute atomic E-state index is 12.6. The molecule has 1 aromatic carbocycles. The van der Waals surface area contributed by atoms with Crippen LogP contribution in [0.5, 0.6) is 0 Å². The maximum atomic E-state index is 12.6. The van der Waals surface area contributed by atoms with Crippen molar-refractivity contribution in [3.63, 3.8) is 0 Å². The van der Waals surface area contributed by atoms with E-state index < -0.39 is 26.7 Å². The molecule has 1 fully saturated rings. The van der Waals surface area contributed by atoms with Crippen LogP contribution >= 0.6 is 11.6 Å². The molecule has 1 heterocycles. The summed E-state index contributed by atoms with van der Waals surface area (Å²) in [6.07, 6.45) is -3.92. The van der Waals surface area contributed by atoms with Crippen molar-refractivity contribution in [2.75, 3.05) is 19.8 Å². The molecule has 1 atom stereocenters. The van der Waals surface area contributed by atoms with Crippen molar-refractivity contribution in [3.05, 3.63) is 28.8 Å². The summed E-state index contributed by atoms with van der Waals surface area (Å²) in [6, 6.07) is 2.21. The van der Waals surface area contributed by atoms with Crippen molar-refractivity contribution >= 4 is 21.6 Å². The van der Waals surface area contributed by atoms with Gasteiger partial charge in [0.25, 0.3) is 0 Å². The summed E-state index contributed by atoms with van der Waals surface area (Å²) < 4.78 is 69.5. The predicted molar refractivity (Wildman–Crippen MR) is 70.6 cm³/mol. The molecule has 0 spiro atoms. The number of benzene rings is 1. The third-order valence-corrected chi connectivity index (χ3v) is 5.04. The van der Waals surface area contributed by atoms with E-state index in [-0.39, 0.29) is 17.5 Å². The molecule has 0 unspecified atom stereocenters. The number of alkyl halides is 3. The zero-order valence-electron chi connectivity index (χ0n) is 10.8. The fourth-order valence-electron chi connectivity index (χ4n) is 1.94. The van der Waals surface area contributed by atoms with Crippen LogP contribution in [0.15, 0.2) is 23.1 Å². The van der Waals surface area contributed by atoms with E-state index in [0.29, 0.717) is 25.7 Å². The fraction of sp³-hybridized carbons (Fsp3) is 0.500. The Labute approximate surface area is 125 Å². The summed E-state index contributed by atoms with van der Waals surface area (Å²) >= 11 is 5.72. The van der Waals surface area contributed by atoms with E-state index in [1.807, 2.05) is 0 Å². The molecule has 1 saturated heterocycles. The predicted octanol–water partition coefficient (Wildman–Crippen LogP) is 2.67. The number of hydrogen-bond acceptors (Lipinski definition) is 3. The van der Waals surface area contributed by atoms with E-state index in [2.05, 4.69) is 4.72 Å². The highest BCUT2D eigenvalue weighted by Crippen LogP contribution is 2.33. The quantitative estimate of drug-likeness (QED) is 0.914. The highest BCUT2D eigenvalue weighted by Gasteiger charge is 2.33. The van der Waals surface area contributed by atoms with Crippen molar-refractivity contribution < 1.29 is 26.3 Å². The van der Waals surface area contributed by atoms with Gasteiger partial charge in [-0.2, -0.15) is 13.2 Å². The Morgan fingerprint density at radius 2 is 2.10 bits per heavy atom. The SMILES string of the molecule is O=S(=O)(NC[C@@H]1CCOC1)c1cc(C(F)(F)F)ccc1Cl. The lowest BCUT2D eigenvalue weighted by molar-refractivity contribution is -0.137. The van der Waals surface area contributed by atoms with Crippen LogP contribution in [0.25, 0.3) is 0 Å². The van der Waals surface area contributed by atoms with Gasteiger partial charge < -0.3 is 4.74 Å². The molecule has 0 bridgehead atoms. The molecule has 4 nitrogen and oxygen atoms in total. The van der Waals surface area contributed by atoms with Crippen LogP contribution in [0.1, 0.15) is 12.0 Å². The molecule has 2 rings (SSSR count). The second-order valence-corrected chi connectivity index (χ2v) is 6.87.